The highest BCUT2D eigenvalue weighted by atomic mass is 35.5. The summed E-state index contributed by atoms with van der Waals surface area (Å²) >= 11 is 12.4. The van der Waals surface area contributed by atoms with Crippen LogP contribution in [0.25, 0.3) is 0 Å². The Morgan fingerprint density at radius 1 is 1.21 bits per heavy atom. The summed E-state index contributed by atoms with van der Waals surface area (Å²) in [6.45, 7) is 3.90. The van der Waals surface area contributed by atoms with Gasteiger partial charge >= 0.3 is 0 Å². The number of nitrogens with one attached hydrogen (secondary N) is 1. The van der Waals surface area contributed by atoms with Crippen LogP contribution in [0.1, 0.15) is 37.3 Å². The van der Waals surface area contributed by atoms with Crippen LogP contribution < -0.4 is 11.1 Å². The molecule has 2 saturated heterocycles. The molecule has 1 aromatic carbocycles. The molecular weight excluding hydrogens is 345 g/mol. The topological polar surface area (TPSA) is 58.4 Å². The number of carbonyl (C=O) groups excluding carboxylic acids is 1. The second kappa shape index (κ2) is 8.05. The molecule has 24 heavy (non-hydrogen) atoms. The van der Waals surface area contributed by atoms with Crippen molar-refractivity contribution in [3.63, 3.8) is 0 Å². The van der Waals surface area contributed by atoms with Gasteiger partial charge < -0.3 is 11.1 Å². The Morgan fingerprint density at radius 2 is 1.96 bits per heavy atom. The first kappa shape index (κ1) is 18.0. The van der Waals surface area contributed by atoms with Gasteiger partial charge in [-0.2, -0.15) is 0 Å². The molecule has 2 fully saturated rings. The smallest absolute Gasteiger partial charge is 0.220 e. The Labute approximate surface area is 153 Å². The molecule has 1 unspecified atom stereocenters. The Hall–Kier alpha value is -0.810. The van der Waals surface area contributed by atoms with Gasteiger partial charge in [0.05, 0.1) is 10.0 Å². The number of hydrogen-bond acceptors (Lipinski definition) is 3. The lowest BCUT2D eigenvalue weighted by molar-refractivity contribution is -0.123. The summed E-state index contributed by atoms with van der Waals surface area (Å²) in [5.41, 5.74) is 6.70. The molecule has 0 aliphatic carbocycles. The lowest BCUT2D eigenvalue weighted by Gasteiger charge is -2.42. The predicted octanol–water partition coefficient (Wildman–Crippen LogP) is 3.23. The van der Waals surface area contributed by atoms with Crippen molar-refractivity contribution in [2.75, 3.05) is 26.2 Å². The molecule has 0 spiro atoms. The molecule has 3 N–H and O–H groups in total. The molecule has 132 valence electrons. The van der Waals surface area contributed by atoms with E-state index in [-0.39, 0.29) is 11.8 Å². The average molecular weight is 370 g/mol. The fraction of sp³-hybridized carbons (Fsp3) is 0.611. The predicted molar refractivity (Wildman–Crippen MR) is 98.3 cm³/mol. The van der Waals surface area contributed by atoms with Gasteiger partial charge in [-0.3, -0.25) is 9.69 Å². The van der Waals surface area contributed by atoms with E-state index in [0.717, 1.165) is 39.0 Å². The summed E-state index contributed by atoms with van der Waals surface area (Å²) in [4.78, 5) is 13.9. The molecule has 6 heteroatoms. The highest BCUT2D eigenvalue weighted by Gasteiger charge is 2.33. The third-order valence-corrected chi connectivity index (χ3v) is 6.13. The fourth-order valence-electron chi connectivity index (χ4n) is 4.09. The minimum absolute atomic E-state index is 0.0141. The van der Waals surface area contributed by atoms with Gasteiger partial charge in [0.1, 0.15) is 0 Å². The van der Waals surface area contributed by atoms with Crippen LogP contribution in [0.4, 0.5) is 0 Å². The van der Waals surface area contributed by atoms with Gasteiger partial charge in [0.15, 0.2) is 0 Å². The van der Waals surface area contributed by atoms with E-state index in [1.807, 2.05) is 12.1 Å². The van der Waals surface area contributed by atoms with Crippen molar-refractivity contribution in [3.8, 4) is 0 Å². The zero-order chi connectivity index (χ0) is 17.1. The summed E-state index contributed by atoms with van der Waals surface area (Å²) in [7, 11) is 0. The van der Waals surface area contributed by atoms with Crippen LogP contribution in [-0.2, 0) is 4.79 Å². The molecule has 2 heterocycles. The second-order valence-electron chi connectivity index (χ2n) is 6.94. The van der Waals surface area contributed by atoms with E-state index in [4.69, 9.17) is 28.9 Å². The minimum atomic E-state index is -0.167. The lowest BCUT2D eigenvalue weighted by Crippen LogP contribution is -2.45. The summed E-state index contributed by atoms with van der Waals surface area (Å²) in [5, 5.41) is 4.71. The van der Waals surface area contributed by atoms with Crippen molar-refractivity contribution in [2.45, 2.75) is 31.7 Å². The molecule has 0 radical (unpaired) electrons. The van der Waals surface area contributed by atoms with E-state index in [1.165, 1.54) is 18.4 Å². The summed E-state index contributed by atoms with van der Waals surface area (Å²) in [5.74, 6) is 0.390. The Kier molecular flexibility index (Phi) is 6.03. The van der Waals surface area contributed by atoms with Crippen molar-refractivity contribution in [2.24, 2.45) is 17.6 Å². The number of rotatable bonds is 4. The number of carbonyl (C=O) groups is 1. The Balaban J connectivity index is 1.82. The number of nitrogens with zero attached hydrogens (tertiary/aromatic N) is 1. The number of piperidine rings is 2. The number of benzene rings is 1. The molecule has 1 amide bonds. The zero-order valence-corrected chi connectivity index (χ0v) is 15.3. The second-order valence-corrected chi connectivity index (χ2v) is 7.75. The van der Waals surface area contributed by atoms with E-state index >= 15 is 0 Å². The SMILES string of the molecule is NC(=O)C1CCN(C(c2ccc(Cl)c(Cl)c2)[C@@H]2CCCNC2)CC1. The quantitative estimate of drug-likeness (QED) is 0.856. The van der Waals surface area contributed by atoms with E-state index < -0.39 is 0 Å². The van der Waals surface area contributed by atoms with Crippen LogP contribution in [-0.4, -0.2) is 37.0 Å². The Morgan fingerprint density at radius 3 is 2.54 bits per heavy atom. The standard InChI is InChI=1S/C18H25Cl2N3O/c19-15-4-3-13(10-16(15)20)17(14-2-1-7-22-11-14)23-8-5-12(6-9-23)18(21)24/h3-4,10,12,14,17,22H,1-2,5-9,11H2,(H2,21,24)/t14-,17?/m1/s1. The van der Waals surface area contributed by atoms with Crippen molar-refractivity contribution in [1.29, 1.82) is 0 Å². The molecule has 1 aromatic rings. The van der Waals surface area contributed by atoms with Crippen molar-refractivity contribution in [1.82, 2.24) is 10.2 Å². The molecule has 2 aliphatic rings. The maximum atomic E-state index is 11.4. The van der Waals surface area contributed by atoms with E-state index in [9.17, 15) is 4.79 Å². The summed E-state index contributed by atoms with van der Waals surface area (Å²) in [6.07, 6.45) is 4.08. The van der Waals surface area contributed by atoms with Crippen LogP contribution in [0.2, 0.25) is 10.0 Å². The largest absolute Gasteiger partial charge is 0.369 e. The van der Waals surface area contributed by atoms with Crippen LogP contribution in [0.5, 0.6) is 0 Å². The number of amides is 1. The van der Waals surface area contributed by atoms with Crippen LogP contribution in [0.15, 0.2) is 18.2 Å². The van der Waals surface area contributed by atoms with Gasteiger partial charge in [0, 0.05) is 12.0 Å². The highest BCUT2D eigenvalue weighted by Crippen LogP contribution is 2.37. The molecular formula is C18H25Cl2N3O. The van der Waals surface area contributed by atoms with E-state index in [0.29, 0.717) is 22.0 Å². The van der Waals surface area contributed by atoms with Gasteiger partial charge in [0.2, 0.25) is 5.91 Å². The van der Waals surface area contributed by atoms with Crippen LogP contribution in [0.3, 0.4) is 0 Å². The van der Waals surface area contributed by atoms with Gasteiger partial charge in [-0.05, 0) is 75.5 Å². The van der Waals surface area contributed by atoms with Gasteiger partial charge in [-0.1, -0.05) is 29.3 Å². The Bertz CT molecular complexity index is 582. The van der Waals surface area contributed by atoms with Crippen molar-refractivity contribution < 1.29 is 4.79 Å². The molecule has 4 nitrogen and oxygen atoms in total. The van der Waals surface area contributed by atoms with E-state index in [1.54, 1.807) is 0 Å². The maximum Gasteiger partial charge on any atom is 0.220 e. The van der Waals surface area contributed by atoms with Crippen molar-refractivity contribution >= 4 is 29.1 Å². The van der Waals surface area contributed by atoms with Crippen LogP contribution in [0, 0.1) is 11.8 Å². The summed E-state index contributed by atoms with van der Waals surface area (Å²) < 4.78 is 0. The van der Waals surface area contributed by atoms with E-state index in [2.05, 4.69) is 16.3 Å². The first-order valence-corrected chi connectivity index (χ1v) is 9.51. The third kappa shape index (κ3) is 4.05. The number of primary amides is 1. The molecule has 0 bridgehead atoms. The number of likely N-dealkylation sites (tertiary alicyclic amines) is 1. The van der Waals surface area contributed by atoms with Gasteiger partial charge in [-0.15, -0.1) is 0 Å². The third-order valence-electron chi connectivity index (χ3n) is 5.39. The molecule has 0 saturated carbocycles. The van der Waals surface area contributed by atoms with Crippen LogP contribution >= 0.6 is 23.2 Å². The first-order chi connectivity index (χ1) is 11.6. The molecule has 2 atom stereocenters. The number of nitrogens with two attached hydrogens (primary N) is 1. The van der Waals surface area contributed by atoms with Gasteiger partial charge in [-0.25, -0.2) is 0 Å². The van der Waals surface area contributed by atoms with Gasteiger partial charge in [0.25, 0.3) is 0 Å². The zero-order valence-electron chi connectivity index (χ0n) is 13.8. The number of halogens is 2. The monoisotopic (exact) mass is 369 g/mol. The maximum absolute atomic E-state index is 11.4. The van der Waals surface area contributed by atoms with Crippen molar-refractivity contribution in [3.05, 3.63) is 33.8 Å². The highest BCUT2D eigenvalue weighted by molar-refractivity contribution is 6.42. The normalized spacial score (nSPS) is 24.7. The lowest BCUT2D eigenvalue weighted by atomic mass is 9.84. The molecule has 0 aromatic heterocycles. The first-order valence-electron chi connectivity index (χ1n) is 8.75. The fourth-order valence-corrected chi connectivity index (χ4v) is 4.39. The average Bonchev–Trinajstić information content (AvgIpc) is 2.60. The minimum Gasteiger partial charge on any atom is -0.369 e. The molecule has 3 rings (SSSR count). The number of hydrogen-bond donors (Lipinski definition) is 2. The summed E-state index contributed by atoms with van der Waals surface area (Å²) in [6, 6.07) is 6.29. The molecule has 2 aliphatic heterocycles.